The molecule has 1 N–H and O–H groups in total. The lowest BCUT2D eigenvalue weighted by Gasteiger charge is -2.21. The van der Waals surface area contributed by atoms with E-state index in [1.807, 2.05) is 6.92 Å². The largest absolute Gasteiger partial charge is 0.534 e. The molecule has 11 heteroatoms. The Morgan fingerprint density at radius 2 is 1.61 bits per heavy atom. The van der Waals surface area contributed by atoms with E-state index in [1.165, 1.54) is 18.2 Å². The van der Waals surface area contributed by atoms with Gasteiger partial charge < -0.3 is 9.50 Å². The molecule has 7 nitrogen and oxygen atoms in total. The second-order valence-corrected chi connectivity index (χ2v) is 10.5. The fourth-order valence-corrected chi connectivity index (χ4v) is 3.52. The van der Waals surface area contributed by atoms with Gasteiger partial charge in [-0.3, -0.25) is 4.79 Å². The lowest BCUT2D eigenvalue weighted by molar-refractivity contribution is -0.0501. The molecule has 2 aromatic carbocycles. The van der Waals surface area contributed by atoms with Crippen molar-refractivity contribution in [1.82, 2.24) is 4.98 Å². The Labute approximate surface area is 206 Å². The van der Waals surface area contributed by atoms with Crippen molar-refractivity contribution in [3.63, 3.8) is 0 Å². The summed E-state index contributed by atoms with van der Waals surface area (Å²) in [6.07, 6.45) is 0. The topological polar surface area (TPSA) is 109 Å². The van der Waals surface area contributed by atoms with Gasteiger partial charge in [-0.05, 0) is 42.8 Å². The molecule has 0 spiro atoms. The van der Waals surface area contributed by atoms with E-state index in [0.717, 1.165) is 5.56 Å². The van der Waals surface area contributed by atoms with Crippen molar-refractivity contribution in [1.29, 1.82) is 5.26 Å². The van der Waals surface area contributed by atoms with Crippen LogP contribution in [0.2, 0.25) is 0 Å². The van der Waals surface area contributed by atoms with E-state index in [1.54, 1.807) is 63.2 Å². The van der Waals surface area contributed by atoms with Crippen LogP contribution in [0.5, 0.6) is 5.88 Å². The summed E-state index contributed by atoms with van der Waals surface area (Å²) in [4.78, 5) is 16.4. The number of carbonyl (C=O) groups excluding carboxylic acids is 1. The normalized spacial score (nSPS) is 12.1. The third-order valence-corrected chi connectivity index (χ3v) is 6.05. The number of aromatic nitrogens is 1. The van der Waals surface area contributed by atoms with Gasteiger partial charge in [0.1, 0.15) is 11.6 Å². The molecule has 3 aromatic rings. The van der Waals surface area contributed by atoms with Crippen molar-refractivity contribution >= 4 is 21.7 Å². The summed E-state index contributed by atoms with van der Waals surface area (Å²) in [6, 6.07) is 16.3. The van der Waals surface area contributed by atoms with E-state index < -0.39 is 32.5 Å². The average molecular weight is 518 g/mol. The molecule has 0 aliphatic carbocycles. The number of hydrogen-bond donors (Lipinski definition) is 1. The standard InChI is InChI=1S/C25H22F3N3O4S/c1-15-5-7-17(8-6-15)22(32)30-18-11-9-16(10-12-18)19-13-21(24(2,3)4)31-23(20(19)14-29)35-36(33,34)25(26,27)28/h5-13H,1-4H3,(H,30,32). The Bertz CT molecular complexity index is 1440. The lowest BCUT2D eigenvalue weighted by atomic mass is 9.88. The number of rotatable bonds is 5. The smallest absolute Gasteiger partial charge is 0.354 e. The minimum atomic E-state index is -6.05. The van der Waals surface area contributed by atoms with E-state index in [9.17, 15) is 31.6 Å². The molecule has 0 aliphatic heterocycles. The van der Waals surface area contributed by atoms with Crippen LogP contribution >= 0.6 is 0 Å². The van der Waals surface area contributed by atoms with Crippen LogP contribution in [0.1, 0.15) is 48.0 Å². The van der Waals surface area contributed by atoms with Gasteiger partial charge in [0.15, 0.2) is 0 Å². The molecule has 0 radical (unpaired) electrons. The molecule has 1 heterocycles. The fraction of sp³-hybridized carbons (Fsp3) is 0.240. The van der Waals surface area contributed by atoms with E-state index in [2.05, 4.69) is 14.5 Å². The number of carbonyl (C=O) groups is 1. The SMILES string of the molecule is Cc1ccc(C(=O)Nc2ccc(-c3cc(C(C)(C)C)nc(OS(=O)(=O)C(F)(F)F)c3C#N)cc2)cc1. The first-order chi connectivity index (χ1) is 16.6. The first-order valence-corrected chi connectivity index (χ1v) is 12.0. The molecular weight excluding hydrogens is 495 g/mol. The Morgan fingerprint density at radius 1 is 1.03 bits per heavy atom. The van der Waals surface area contributed by atoms with Crippen LogP contribution in [-0.2, 0) is 15.5 Å². The second-order valence-electron chi connectivity index (χ2n) is 8.98. The molecule has 0 atom stereocenters. The first-order valence-electron chi connectivity index (χ1n) is 10.6. The van der Waals surface area contributed by atoms with Gasteiger partial charge in [0.2, 0.25) is 0 Å². The fourth-order valence-electron chi connectivity index (χ4n) is 3.09. The van der Waals surface area contributed by atoms with Gasteiger partial charge in [-0.15, -0.1) is 0 Å². The molecule has 188 valence electrons. The zero-order valence-corrected chi connectivity index (χ0v) is 20.6. The highest BCUT2D eigenvalue weighted by atomic mass is 32.2. The van der Waals surface area contributed by atoms with Gasteiger partial charge in [-0.1, -0.05) is 50.6 Å². The highest BCUT2D eigenvalue weighted by Crippen LogP contribution is 2.36. The number of aryl methyl sites for hydroxylation is 1. The molecule has 0 aliphatic rings. The van der Waals surface area contributed by atoms with Crippen molar-refractivity contribution in [2.24, 2.45) is 0 Å². The number of hydrogen-bond acceptors (Lipinski definition) is 6. The summed E-state index contributed by atoms with van der Waals surface area (Å²) in [5.74, 6) is -1.30. The maximum atomic E-state index is 12.9. The maximum absolute atomic E-state index is 12.9. The summed E-state index contributed by atoms with van der Waals surface area (Å²) in [6.45, 7) is 7.06. The van der Waals surface area contributed by atoms with Crippen LogP contribution in [0, 0.1) is 18.3 Å². The van der Waals surface area contributed by atoms with Gasteiger partial charge in [0.25, 0.3) is 11.8 Å². The Kier molecular flexibility index (Phi) is 7.13. The number of halogens is 3. The van der Waals surface area contributed by atoms with Gasteiger partial charge >= 0.3 is 15.6 Å². The number of benzene rings is 2. The van der Waals surface area contributed by atoms with E-state index in [-0.39, 0.29) is 17.2 Å². The van der Waals surface area contributed by atoms with Gasteiger partial charge in [0, 0.05) is 22.2 Å². The predicted molar refractivity (Wildman–Crippen MR) is 128 cm³/mol. The molecule has 1 amide bonds. The van der Waals surface area contributed by atoms with Crippen molar-refractivity contribution in [2.45, 2.75) is 38.6 Å². The monoisotopic (exact) mass is 517 g/mol. The summed E-state index contributed by atoms with van der Waals surface area (Å²) >= 11 is 0. The lowest BCUT2D eigenvalue weighted by Crippen LogP contribution is -2.29. The minimum Gasteiger partial charge on any atom is -0.354 e. The number of nitrogens with one attached hydrogen (secondary N) is 1. The van der Waals surface area contributed by atoms with Crippen molar-refractivity contribution in [3.8, 4) is 23.1 Å². The average Bonchev–Trinajstić information content (AvgIpc) is 2.78. The summed E-state index contributed by atoms with van der Waals surface area (Å²) in [7, 11) is -6.05. The number of nitriles is 1. The van der Waals surface area contributed by atoms with Crippen molar-refractivity contribution in [3.05, 3.63) is 77.0 Å². The summed E-state index contributed by atoms with van der Waals surface area (Å²) in [5, 5.41) is 12.4. The maximum Gasteiger partial charge on any atom is 0.534 e. The predicted octanol–water partition coefficient (Wildman–Crippen LogP) is 5.71. The van der Waals surface area contributed by atoms with Crippen LogP contribution in [0.3, 0.4) is 0 Å². The third-order valence-electron chi connectivity index (χ3n) is 5.11. The Morgan fingerprint density at radius 3 is 2.11 bits per heavy atom. The summed E-state index contributed by atoms with van der Waals surface area (Å²) < 4.78 is 66.4. The molecule has 1 aromatic heterocycles. The molecule has 0 saturated heterocycles. The minimum absolute atomic E-state index is 0.126. The van der Waals surface area contributed by atoms with Crippen LogP contribution in [0.4, 0.5) is 18.9 Å². The Balaban J connectivity index is 2.03. The number of nitrogens with zero attached hydrogens (tertiary/aromatic N) is 2. The van der Waals surface area contributed by atoms with Crippen LogP contribution in [0.15, 0.2) is 54.6 Å². The number of amides is 1. The van der Waals surface area contributed by atoms with Crippen LogP contribution in [0.25, 0.3) is 11.1 Å². The zero-order chi connectivity index (χ0) is 26.9. The molecule has 36 heavy (non-hydrogen) atoms. The van der Waals surface area contributed by atoms with Crippen molar-refractivity contribution < 1.29 is 30.6 Å². The second kappa shape index (κ2) is 9.62. The molecule has 0 saturated carbocycles. The van der Waals surface area contributed by atoms with Gasteiger partial charge in [-0.25, -0.2) is 4.98 Å². The molecule has 0 unspecified atom stereocenters. The quantitative estimate of drug-likeness (QED) is 0.343. The molecule has 3 rings (SSSR count). The van der Waals surface area contributed by atoms with Crippen molar-refractivity contribution in [2.75, 3.05) is 5.32 Å². The van der Waals surface area contributed by atoms with Crippen LogP contribution < -0.4 is 9.50 Å². The molecule has 0 fully saturated rings. The number of alkyl halides is 3. The molecule has 0 bridgehead atoms. The van der Waals surface area contributed by atoms with E-state index in [0.29, 0.717) is 16.8 Å². The third kappa shape index (κ3) is 5.83. The zero-order valence-electron chi connectivity index (χ0n) is 19.8. The highest BCUT2D eigenvalue weighted by Gasteiger charge is 2.49. The number of pyridine rings is 1. The van der Waals surface area contributed by atoms with Gasteiger partial charge in [-0.2, -0.15) is 26.9 Å². The van der Waals surface area contributed by atoms with E-state index in [4.69, 9.17) is 0 Å². The van der Waals surface area contributed by atoms with E-state index >= 15 is 0 Å². The highest BCUT2D eigenvalue weighted by molar-refractivity contribution is 7.88. The number of anilines is 1. The van der Waals surface area contributed by atoms with Crippen LogP contribution in [-0.4, -0.2) is 24.8 Å². The Hall–Kier alpha value is -3.91. The van der Waals surface area contributed by atoms with Gasteiger partial charge in [0.05, 0.1) is 5.69 Å². The summed E-state index contributed by atoms with van der Waals surface area (Å²) in [5.41, 5.74) is -4.29. The molecular formula is C25H22F3N3O4S. The first kappa shape index (κ1) is 26.7.